The van der Waals surface area contributed by atoms with Crippen LogP contribution in [0.3, 0.4) is 0 Å². The monoisotopic (exact) mass is 414 g/mol. The van der Waals surface area contributed by atoms with E-state index in [1.54, 1.807) is 30.3 Å². The zero-order valence-electron chi connectivity index (χ0n) is 15.3. The smallest absolute Gasteiger partial charge is 0.313 e. The number of anilines is 1. The van der Waals surface area contributed by atoms with Crippen LogP contribution in [0.5, 0.6) is 5.75 Å². The maximum atomic E-state index is 12.3. The first-order chi connectivity index (χ1) is 13.5. The van der Waals surface area contributed by atoms with Crippen molar-refractivity contribution < 1.29 is 19.1 Å². The molecule has 2 N–H and O–H groups in total. The second-order valence-corrected chi connectivity index (χ2v) is 8.03. The molecule has 0 saturated heterocycles. The van der Waals surface area contributed by atoms with E-state index in [4.69, 9.17) is 4.74 Å². The molecule has 0 unspecified atom stereocenters. The lowest BCUT2D eigenvalue weighted by Crippen LogP contribution is -2.34. The molecule has 0 bridgehead atoms. The molecule has 1 aromatic carbocycles. The normalized spacial score (nSPS) is 10.4. The number of carbonyl (C=O) groups is 3. The van der Waals surface area contributed by atoms with Gasteiger partial charge in [-0.05, 0) is 48.2 Å². The standard InChI is InChI=1S/C20H18N2O4S2/c1-12-5-7-15(26-2)14(10-12)22-20(25)19(24)21-11-13-6-8-17(28-13)18(23)16-4-3-9-27-16/h3-10H,11H2,1-2H3,(H,21,24)(H,22,25). The van der Waals surface area contributed by atoms with E-state index in [1.807, 2.05) is 24.4 Å². The van der Waals surface area contributed by atoms with Crippen molar-refractivity contribution in [2.24, 2.45) is 0 Å². The second kappa shape index (κ2) is 8.81. The molecule has 6 nitrogen and oxygen atoms in total. The molecule has 0 aliphatic carbocycles. The van der Waals surface area contributed by atoms with Gasteiger partial charge in [0.15, 0.2) is 0 Å². The van der Waals surface area contributed by atoms with Gasteiger partial charge in [0.1, 0.15) is 5.75 Å². The molecule has 0 atom stereocenters. The van der Waals surface area contributed by atoms with E-state index in [1.165, 1.54) is 29.8 Å². The van der Waals surface area contributed by atoms with Crippen LogP contribution in [0.2, 0.25) is 0 Å². The number of hydrogen-bond donors (Lipinski definition) is 2. The maximum absolute atomic E-state index is 12.3. The summed E-state index contributed by atoms with van der Waals surface area (Å²) >= 11 is 2.68. The van der Waals surface area contributed by atoms with E-state index in [-0.39, 0.29) is 12.3 Å². The summed E-state index contributed by atoms with van der Waals surface area (Å²) in [6.45, 7) is 2.04. The van der Waals surface area contributed by atoms with Crippen molar-refractivity contribution in [2.75, 3.05) is 12.4 Å². The predicted molar refractivity (Wildman–Crippen MR) is 110 cm³/mol. The maximum Gasteiger partial charge on any atom is 0.313 e. The Bertz CT molecular complexity index is 1010. The average molecular weight is 415 g/mol. The third-order valence-corrected chi connectivity index (χ3v) is 5.82. The van der Waals surface area contributed by atoms with Crippen molar-refractivity contribution in [1.82, 2.24) is 5.32 Å². The van der Waals surface area contributed by atoms with Crippen molar-refractivity contribution in [1.29, 1.82) is 0 Å². The van der Waals surface area contributed by atoms with E-state index < -0.39 is 11.8 Å². The summed E-state index contributed by atoms with van der Waals surface area (Å²) < 4.78 is 5.19. The summed E-state index contributed by atoms with van der Waals surface area (Å²) in [4.78, 5) is 38.6. The van der Waals surface area contributed by atoms with Gasteiger partial charge < -0.3 is 15.4 Å². The van der Waals surface area contributed by atoms with Crippen LogP contribution in [0.1, 0.15) is 25.0 Å². The van der Waals surface area contributed by atoms with Crippen LogP contribution in [0, 0.1) is 6.92 Å². The van der Waals surface area contributed by atoms with Gasteiger partial charge in [-0.1, -0.05) is 12.1 Å². The molecular formula is C20H18N2O4S2. The van der Waals surface area contributed by atoms with Gasteiger partial charge in [0.25, 0.3) is 0 Å². The van der Waals surface area contributed by atoms with Gasteiger partial charge in [0.05, 0.1) is 29.1 Å². The van der Waals surface area contributed by atoms with Crippen LogP contribution in [-0.4, -0.2) is 24.7 Å². The van der Waals surface area contributed by atoms with Gasteiger partial charge in [0.2, 0.25) is 5.78 Å². The van der Waals surface area contributed by atoms with Crippen molar-refractivity contribution in [3.05, 3.63) is 68.0 Å². The molecular weight excluding hydrogens is 396 g/mol. The highest BCUT2D eigenvalue weighted by atomic mass is 32.1. The average Bonchev–Trinajstić information content (AvgIpc) is 3.38. The first-order valence-electron chi connectivity index (χ1n) is 8.38. The third-order valence-electron chi connectivity index (χ3n) is 3.86. The number of aryl methyl sites for hydroxylation is 1. The first kappa shape index (κ1) is 19.8. The van der Waals surface area contributed by atoms with Gasteiger partial charge in [-0.15, -0.1) is 22.7 Å². The molecule has 0 aliphatic heterocycles. The predicted octanol–water partition coefficient (Wildman–Crippen LogP) is 3.61. The second-order valence-electron chi connectivity index (χ2n) is 5.91. The molecule has 0 aliphatic rings. The van der Waals surface area contributed by atoms with Gasteiger partial charge in [-0.3, -0.25) is 14.4 Å². The van der Waals surface area contributed by atoms with E-state index >= 15 is 0 Å². The Labute approximate surface area is 170 Å². The van der Waals surface area contributed by atoms with Crippen LogP contribution in [0.25, 0.3) is 0 Å². The lowest BCUT2D eigenvalue weighted by Gasteiger charge is -2.10. The molecule has 0 saturated carbocycles. The minimum Gasteiger partial charge on any atom is -0.495 e. The zero-order chi connectivity index (χ0) is 20.1. The number of nitrogens with one attached hydrogen (secondary N) is 2. The van der Waals surface area contributed by atoms with Gasteiger partial charge in [-0.2, -0.15) is 0 Å². The highest BCUT2D eigenvalue weighted by molar-refractivity contribution is 7.16. The zero-order valence-corrected chi connectivity index (χ0v) is 16.9. The molecule has 3 rings (SSSR count). The lowest BCUT2D eigenvalue weighted by atomic mass is 10.2. The van der Waals surface area contributed by atoms with Crippen molar-refractivity contribution in [2.45, 2.75) is 13.5 Å². The topological polar surface area (TPSA) is 84.5 Å². The highest BCUT2D eigenvalue weighted by Gasteiger charge is 2.17. The number of hydrogen-bond acceptors (Lipinski definition) is 6. The Morgan fingerprint density at radius 2 is 1.86 bits per heavy atom. The number of amides is 2. The van der Waals surface area contributed by atoms with Crippen LogP contribution in [0.4, 0.5) is 5.69 Å². The molecule has 28 heavy (non-hydrogen) atoms. The van der Waals surface area contributed by atoms with Gasteiger partial charge in [-0.25, -0.2) is 0 Å². The highest BCUT2D eigenvalue weighted by Crippen LogP contribution is 2.25. The number of ether oxygens (including phenoxy) is 1. The minimum atomic E-state index is -0.782. The number of ketones is 1. The number of carbonyl (C=O) groups excluding carboxylic acids is 3. The fourth-order valence-corrected chi connectivity index (χ4v) is 4.11. The van der Waals surface area contributed by atoms with Crippen molar-refractivity contribution >= 4 is 46.0 Å². The van der Waals surface area contributed by atoms with Crippen molar-refractivity contribution in [3.63, 3.8) is 0 Å². The minimum absolute atomic E-state index is 0.0399. The van der Waals surface area contributed by atoms with Crippen molar-refractivity contribution in [3.8, 4) is 5.75 Å². The summed E-state index contributed by atoms with van der Waals surface area (Å²) in [5, 5.41) is 6.97. The van der Waals surface area contributed by atoms with Crippen LogP contribution >= 0.6 is 22.7 Å². The van der Waals surface area contributed by atoms with Crippen LogP contribution in [-0.2, 0) is 16.1 Å². The van der Waals surface area contributed by atoms with E-state index in [0.717, 1.165) is 10.4 Å². The summed E-state index contributed by atoms with van der Waals surface area (Å²) in [6.07, 6.45) is 0. The quantitative estimate of drug-likeness (QED) is 0.477. The Morgan fingerprint density at radius 1 is 1.04 bits per heavy atom. The molecule has 2 amide bonds. The number of thiophene rings is 2. The largest absolute Gasteiger partial charge is 0.495 e. The number of rotatable bonds is 6. The van der Waals surface area contributed by atoms with Crippen LogP contribution in [0.15, 0.2) is 47.8 Å². The Balaban J connectivity index is 1.58. The Hall–Kier alpha value is -2.97. The van der Waals surface area contributed by atoms with Gasteiger partial charge in [0, 0.05) is 4.88 Å². The number of benzene rings is 1. The van der Waals surface area contributed by atoms with E-state index in [2.05, 4.69) is 10.6 Å². The molecule has 2 heterocycles. The summed E-state index contributed by atoms with van der Waals surface area (Å²) in [5.41, 5.74) is 1.36. The molecule has 0 radical (unpaired) electrons. The Morgan fingerprint density at radius 3 is 2.57 bits per heavy atom. The SMILES string of the molecule is COc1ccc(C)cc1NC(=O)C(=O)NCc1ccc(C(=O)c2cccs2)s1. The fraction of sp³-hybridized carbons (Fsp3) is 0.150. The lowest BCUT2D eigenvalue weighted by molar-refractivity contribution is -0.136. The summed E-state index contributed by atoms with van der Waals surface area (Å²) in [6, 6.07) is 12.4. The van der Waals surface area contributed by atoms with Gasteiger partial charge >= 0.3 is 11.8 Å². The molecule has 2 aromatic heterocycles. The Kier molecular flexibility index (Phi) is 6.23. The van der Waals surface area contributed by atoms with E-state index in [0.29, 0.717) is 21.2 Å². The number of methoxy groups -OCH3 is 1. The molecule has 0 spiro atoms. The van der Waals surface area contributed by atoms with Crippen LogP contribution < -0.4 is 15.4 Å². The third kappa shape index (κ3) is 4.65. The molecule has 0 fully saturated rings. The summed E-state index contributed by atoms with van der Waals surface area (Å²) in [5.74, 6) is -1.11. The first-order valence-corrected chi connectivity index (χ1v) is 10.1. The fourth-order valence-electron chi connectivity index (χ4n) is 2.47. The van der Waals surface area contributed by atoms with E-state index in [9.17, 15) is 14.4 Å². The summed E-state index contributed by atoms with van der Waals surface area (Å²) in [7, 11) is 1.49. The molecule has 3 aromatic rings. The molecule has 8 heteroatoms. The molecule has 144 valence electrons.